The van der Waals surface area contributed by atoms with Gasteiger partial charge in [0.1, 0.15) is 10.8 Å². The number of hydrogen-bond acceptors (Lipinski definition) is 8. The minimum atomic E-state index is -0.308. The second-order valence-corrected chi connectivity index (χ2v) is 10.7. The van der Waals surface area contributed by atoms with Crippen LogP contribution in [0.3, 0.4) is 0 Å². The molecule has 1 aromatic carbocycles. The highest BCUT2D eigenvalue weighted by molar-refractivity contribution is 6.32. The molecule has 196 valence electrons. The van der Waals surface area contributed by atoms with Crippen molar-refractivity contribution in [3.8, 4) is 5.75 Å². The number of benzene rings is 1. The fourth-order valence-corrected chi connectivity index (χ4v) is 6.52. The first-order valence-electron chi connectivity index (χ1n) is 13.1. The van der Waals surface area contributed by atoms with E-state index in [4.69, 9.17) is 26.8 Å². The molecular formula is C27H33ClN6O3. The molecule has 2 aromatic rings. The summed E-state index contributed by atoms with van der Waals surface area (Å²) in [6, 6.07) is 4.67. The molecule has 4 N–H and O–H groups in total. The number of fused-ring (bicyclic) bond motifs is 2. The molecule has 1 saturated carbocycles. The second-order valence-electron chi connectivity index (χ2n) is 10.3. The van der Waals surface area contributed by atoms with Gasteiger partial charge in [-0.1, -0.05) is 29.8 Å². The Morgan fingerprint density at radius 3 is 2.70 bits per heavy atom. The second kappa shape index (κ2) is 10.1. The number of methoxy groups -OCH3 is 1. The van der Waals surface area contributed by atoms with Crippen LogP contribution in [0.15, 0.2) is 30.5 Å². The summed E-state index contributed by atoms with van der Waals surface area (Å²) >= 11 is 6.42. The van der Waals surface area contributed by atoms with Gasteiger partial charge in [0.15, 0.2) is 5.82 Å². The van der Waals surface area contributed by atoms with Crippen molar-refractivity contribution in [2.75, 3.05) is 44.0 Å². The number of halogens is 1. The van der Waals surface area contributed by atoms with Gasteiger partial charge >= 0.3 is 0 Å². The van der Waals surface area contributed by atoms with E-state index in [0.29, 0.717) is 22.8 Å². The first-order valence-corrected chi connectivity index (χ1v) is 13.5. The lowest BCUT2D eigenvalue weighted by molar-refractivity contribution is -0.129. The molecule has 3 aliphatic carbocycles. The van der Waals surface area contributed by atoms with Gasteiger partial charge in [-0.3, -0.25) is 9.69 Å². The number of anilines is 3. The summed E-state index contributed by atoms with van der Waals surface area (Å²) in [5.41, 5.74) is 9.04. The van der Waals surface area contributed by atoms with Gasteiger partial charge in [0, 0.05) is 31.1 Å². The van der Waals surface area contributed by atoms with Gasteiger partial charge in [-0.15, -0.1) is 0 Å². The molecule has 5 atom stereocenters. The standard InChI is InChI=1S/C27H33ClN6O3/c1-36-24-17-6-5-16(34-10-12-37-13-11-34)4-2-15(17)3-9-21(24)31-27-30-14-20(28)26(33-27)32-23-19-8-7-18(19)22(23)25(29)35/h3,7-9,14,16,18-19,22-23H,2,4-6,10-13H2,1H3,(H2,29,35)(H2,30,31,32,33)/t16-,18?,19-,22-,23?/m0/s1. The van der Waals surface area contributed by atoms with Crippen LogP contribution in [-0.2, 0) is 22.4 Å². The molecule has 1 amide bonds. The van der Waals surface area contributed by atoms with E-state index in [9.17, 15) is 4.79 Å². The molecule has 2 heterocycles. The summed E-state index contributed by atoms with van der Waals surface area (Å²) in [4.78, 5) is 23.5. The number of ether oxygens (including phenoxy) is 2. The summed E-state index contributed by atoms with van der Waals surface area (Å²) in [6.45, 7) is 3.66. The Bertz CT molecular complexity index is 1220. The number of aromatic nitrogens is 2. The van der Waals surface area contributed by atoms with E-state index in [2.05, 4.69) is 37.6 Å². The number of amides is 1. The Morgan fingerprint density at radius 1 is 1.19 bits per heavy atom. The number of aryl methyl sites for hydroxylation is 1. The highest BCUT2D eigenvalue weighted by Gasteiger charge is 2.55. The van der Waals surface area contributed by atoms with Gasteiger partial charge in [-0.05, 0) is 48.8 Å². The summed E-state index contributed by atoms with van der Waals surface area (Å²) in [7, 11) is 1.71. The van der Waals surface area contributed by atoms with Crippen LogP contribution >= 0.6 is 11.6 Å². The van der Waals surface area contributed by atoms with Crippen LogP contribution in [0.5, 0.6) is 5.75 Å². The van der Waals surface area contributed by atoms with Gasteiger partial charge in [0.05, 0.1) is 38.1 Å². The van der Waals surface area contributed by atoms with Crippen molar-refractivity contribution in [1.82, 2.24) is 14.9 Å². The summed E-state index contributed by atoms with van der Waals surface area (Å²) < 4.78 is 11.5. The molecule has 6 rings (SSSR count). The number of primary amides is 1. The van der Waals surface area contributed by atoms with Gasteiger partial charge in [0.2, 0.25) is 11.9 Å². The zero-order chi connectivity index (χ0) is 25.5. The van der Waals surface area contributed by atoms with Crippen LogP contribution in [0, 0.1) is 17.8 Å². The van der Waals surface area contributed by atoms with Crippen LogP contribution in [0.2, 0.25) is 5.02 Å². The average molecular weight is 525 g/mol. The number of nitrogens with one attached hydrogen (secondary N) is 2. The zero-order valence-corrected chi connectivity index (χ0v) is 21.7. The largest absolute Gasteiger partial charge is 0.494 e. The Kier molecular flexibility index (Phi) is 6.69. The molecule has 4 aliphatic rings. The molecule has 10 heteroatoms. The number of nitrogens with two attached hydrogens (primary N) is 1. The van der Waals surface area contributed by atoms with Crippen molar-refractivity contribution in [2.24, 2.45) is 23.5 Å². The average Bonchev–Trinajstić information content (AvgIpc) is 3.11. The molecule has 0 radical (unpaired) electrons. The Hall–Kier alpha value is -2.88. The highest BCUT2D eigenvalue weighted by atomic mass is 35.5. The maximum absolute atomic E-state index is 11.9. The molecule has 1 aromatic heterocycles. The van der Waals surface area contributed by atoms with Crippen LogP contribution in [0.25, 0.3) is 0 Å². The van der Waals surface area contributed by atoms with E-state index in [1.807, 2.05) is 12.1 Å². The highest BCUT2D eigenvalue weighted by Crippen LogP contribution is 2.50. The van der Waals surface area contributed by atoms with E-state index < -0.39 is 0 Å². The fourth-order valence-electron chi connectivity index (χ4n) is 6.37. The molecule has 2 unspecified atom stereocenters. The third kappa shape index (κ3) is 4.53. The lowest BCUT2D eigenvalue weighted by atomic mass is 9.54. The summed E-state index contributed by atoms with van der Waals surface area (Å²) in [5, 5.41) is 7.07. The predicted molar refractivity (Wildman–Crippen MR) is 142 cm³/mol. The third-order valence-corrected chi connectivity index (χ3v) is 8.71. The minimum absolute atomic E-state index is 0.116. The number of carbonyl (C=O) groups is 1. The van der Waals surface area contributed by atoms with Gasteiger partial charge in [0.25, 0.3) is 0 Å². The molecule has 0 bridgehead atoms. The molecule has 37 heavy (non-hydrogen) atoms. The number of morpholine rings is 1. The van der Waals surface area contributed by atoms with Crippen LogP contribution < -0.4 is 21.1 Å². The maximum atomic E-state index is 11.9. The fraction of sp³-hybridized carbons (Fsp3) is 0.519. The van der Waals surface area contributed by atoms with E-state index in [-0.39, 0.29) is 29.7 Å². The van der Waals surface area contributed by atoms with Crippen molar-refractivity contribution in [1.29, 1.82) is 0 Å². The molecule has 2 fully saturated rings. The van der Waals surface area contributed by atoms with E-state index in [0.717, 1.165) is 63.4 Å². The normalized spacial score (nSPS) is 28.6. The van der Waals surface area contributed by atoms with E-state index >= 15 is 0 Å². The van der Waals surface area contributed by atoms with Gasteiger partial charge in [-0.2, -0.15) is 4.98 Å². The third-order valence-electron chi connectivity index (χ3n) is 8.44. The van der Waals surface area contributed by atoms with Crippen molar-refractivity contribution in [2.45, 2.75) is 37.8 Å². The Labute approximate surface area is 221 Å². The topological polar surface area (TPSA) is 115 Å². The summed E-state index contributed by atoms with van der Waals surface area (Å²) in [5.74, 6) is 1.63. The zero-order valence-electron chi connectivity index (χ0n) is 21.0. The molecule has 1 saturated heterocycles. The molecule has 0 spiro atoms. The van der Waals surface area contributed by atoms with Crippen LogP contribution in [-0.4, -0.2) is 66.3 Å². The number of nitrogens with zero attached hydrogens (tertiary/aromatic N) is 3. The number of carbonyl (C=O) groups excluding carboxylic acids is 1. The van der Waals surface area contributed by atoms with E-state index in [1.54, 1.807) is 13.3 Å². The van der Waals surface area contributed by atoms with Gasteiger partial charge in [-0.25, -0.2) is 4.98 Å². The van der Waals surface area contributed by atoms with E-state index in [1.165, 1.54) is 11.1 Å². The van der Waals surface area contributed by atoms with Crippen molar-refractivity contribution in [3.63, 3.8) is 0 Å². The maximum Gasteiger partial charge on any atom is 0.229 e. The lowest BCUT2D eigenvalue weighted by Gasteiger charge is -2.53. The minimum Gasteiger partial charge on any atom is -0.494 e. The molecule has 9 nitrogen and oxygen atoms in total. The molecule has 1 aliphatic heterocycles. The Morgan fingerprint density at radius 2 is 1.97 bits per heavy atom. The SMILES string of the molecule is COc1c(Nc2ncc(Cl)c(NC3[C@H]4C=CC4[C@@H]3C(N)=O)n2)ccc2c1CC[C@@H](N1CCOCC1)CC2. The lowest BCUT2D eigenvalue weighted by Crippen LogP contribution is -2.61. The Balaban J connectivity index is 1.20. The smallest absolute Gasteiger partial charge is 0.229 e. The van der Waals surface area contributed by atoms with Crippen LogP contribution in [0.4, 0.5) is 17.5 Å². The number of allylic oxidation sites excluding steroid dienone is 1. The van der Waals surface area contributed by atoms with Crippen molar-refractivity contribution in [3.05, 3.63) is 46.6 Å². The van der Waals surface area contributed by atoms with Crippen LogP contribution in [0.1, 0.15) is 24.0 Å². The quantitative estimate of drug-likeness (QED) is 0.374. The predicted octanol–water partition coefficient (Wildman–Crippen LogP) is 3.16. The first kappa shape index (κ1) is 24.5. The van der Waals surface area contributed by atoms with Crippen molar-refractivity contribution < 1.29 is 14.3 Å². The number of rotatable bonds is 7. The van der Waals surface area contributed by atoms with Gasteiger partial charge < -0.3 is 25.8 Å². The number of hydrogen-bond donors (Lipinski definition) is 3. The monoisotopic (exact) mass is 524 g/mol. The first-order chi connectivity index (χ1) is 18.0. The summed E-state index contributed by atoms with van der Waals surface area (Å²) in [6.07, 6.45) is 9.92. The molecular weight excluding hydrogens is 492 g/mol. The van der Waals surface area contributed by atoms with Crippen molar-refractivity contribution >= 4 is 35.0 Å².